The lowest BCUT2D eigenvalue weighted by atomic mass is 9.98. The monoisotopic (exact) mass is 1380 g/mol. The van der Waals surface area contributed by atoms with Crippen molar-refractivity contribution in [2.75, 3.05) is 54.4 Å². The molecule has 12 heterocycles. The average Bonchev–Trinajstić information content (AvgIpc) is 1.63. The topological polar surface area (TPSA) is 191 Å². The Bertz CT molecular complexity index is 4590. The molecule has 20 heteroatoms. The third-order valence-corrected chi connectivity index (χ3v) is 21.1. The number of fused-ring (bicyclic) bond motifs is 12. The van der Waals surface area contributed by atoms with Crippen LogP contribution in [0.4, 0.5) is 0 Å². The van der Waals surface area contributed by atoms with Crippen LogP contribution in [0.3, 0.4) is 0 Å². The van der Waals surface area contributed by atoms with Gasteiger partial charge < -0.3 is 58.3 Å². The summed E-state index contributed by atoms with van der Waals surface area (Å²) in [4.78, 5) is 34.2. The van der Waals surface area contributed by atoms with Crippen LogP contribution >= 0.6 is 23.2 Å². The number of hydrogen-bond acceptors (Lipinski definition) is 14. The fourth-order valence-corrected chi connectivity index (χ4v) is 15.5. The molecule has 16 rings (SSSR count). The van der Waals surface area contributed by atoms with Crippen molar-refractivity contribution in [1.82, 2.24) is 67.8 Å². The molecule has 0 radical (unpaired) electrons. The lowest BCUT2D eigenvalue weighted by molar-refractivity contribution is 0.0373. The zero-order valence-electron chi connectivity index (χ0n) is 59.1. The van der Waals surface area contributed by atoms with Crippen LogP contribution in [0.2, 0.25) is 10.0 Å². The summed E-state index contributed by atoms with van der Waals surface area (Å²) in [5, 5.41) is 50.2. The molecule has 1 unspecified atom stereocenters. The number of aryl methyl sites for hydroxylation is 4. The molecule has 8 aromatic heterocycles. The van der Waals surface area contributed by atoms with Crippen molar-refractivity contribution in [3.8, 4) is 0 Å². The van der Waals surface area contributed by atoms with E-state index >= 15 is 0 Å². The summed E-state index contributed by atoms with van der Waals surface area (Å²) in [6.07, 6.45) is 16.1. The molecule has 0 amide bonds. The molecule has 4 aliphatic rings. The van der Waals surface area contributed by atoms with Gasteiger partial charge in [0.15, 0.2) is 0 Å². The molecule has 4 N–H and O–H groups in total. The van der Waals surface area contributed by atoms with E-state index in [0.29, 0.717) is 37.3 Å². The van der Waals surface area contributed by atoms with Crippen molar-refractivity contribution >= 4 is 66.8 Å². The molecule has 0 spiro atoms. The first-order valence-electron chi connectivity index (χ1n) is 34.7. The van der Waals surface area contributed by atoms with E-state index in [2.05, 4.69) is 146 Å². The summed E-state index contributed by atoms with van der Waals surface area (Å²) in [5.74, 6) is 0. The smallest absolute Gasteiger partial charge is 0.115 e. The van der Waals surface area contributed by atoms with Gasteiger partial charge in [-0.2, -0.15) is 0 Å². The molecule has 0 aliphatic carbocycles. The number of halogens is 2. The van der Waals surface area contributed by atoms with Gasteiger partial charge in [0.2, 0.25) is 0 Å². The highest BCUT2D eigenvalue weighted by molar-refractivity contribution is 6.31. The summed E-state index contributed by atoms with van der Waals surface area (Å²) >= 11 is 12.5. The maximum atomic E-state index is 11.1. The Hall–Kier alpha value is -8.24. The third kappa shape index (κ3) is 14.9. The Morgan fingerprint density at radius 2 is 0.720 bits per heavy atom. The van der Waals surface area contributed by atoms with Gasteiger partial charge in [0.1, 0.15) is 23.9 Å². The van der Waals surface area contributed by atoms with Gasteiger partial charge in [-0.05, 0) is 165 Å². The van der Waals surface area contributed by atoms with Crippen LogP contribution < -0.4 is 0 Å². The lowest BCUT2D eigenvalue weighted by Crippen LogP contribution is -2.31. The van der Waals surface area contributed by atoms with E-state index in [9.17, 15) is 20.4 Å². The average molecular weight is 1380 g/mol. The van der Waals surface area contributed by atoms with E-state index in [1.807, 2.05) is 88.4 Å². The fourth-order valence-electron chi connectivity index (χ4n) is 15.2. The van der Waals surface area contributed by atoms with E-state index < -0.39 is 23.4 Å². The van der Waals surface area contributed by atoms with Crippen LogP contribution in [0.5, 0.6) is 0 Å². The Morgan fingerprint density at radius 3 is 1.05 bits per heavy atom. The van der Waals surface area contributed by atoms with E-state index in [4.69, 9.17) is 23.2 Å². The minimum Gasteiger partial charge on any atom is -0.386 e. The minimum absolute atomic E-state index is 0.456. The van der Waals surface area contributed by atoms with Crippen molar-refractivity contribution in [2.45, 2.75) is 143 Å². The van der Waals surface area contributed by atoms with Crippen LogP contribution in [0.1, 0.15) is 116 Å². The second-order valence-electron chi connectivity index (χ2n) is 28.7. The summed E-state index contributed by atoms with van der Waals surface area (Å²) in [5.41, 5.74) is 21.0. The number of pyridine rings is 2. The SMILES string of the molecule is CN1CCc2c(c3cc(Cl)ccc3n2C[C@@](C)(O)c2cncnc2)C1.CN1CCc2c(c3cc(Cl)ccc3n2C[C@](C)(O)c2cncnc2)C1.Cc1ccc2c(c1)c1c(n2CC(O)c2ccc(C)nc2)CCN(C)C1.Cc1ccc2c(c1)c1c(n2C[C@H](O)c2ccc(C)nc2)CCN(C)C1. The molecule has 0 fully saturated rings. The van der Waals surface area contributed by atoms with Crippen LogP contribution in [0, 0.1) is 27.7 Å². The van der Waals surface area contributed by atoms with Gasteiger partial charge in [-0.25, -0.2) is 19.9 Å². The molecule has 0 saturated heterocycles. The molecule has 4 atom stereocenters. The number of hydrogen-bond donors (Lipinski definition) is 4. The predicted molar refractivity (Wildman–Crippen MR) is 398 cm³/mol. The third-order valence-electron chi connectivity index (χ3n) is 20.7. The van der Waals surface area contributed by atoms with Gasteiger partial charge in [-0.15, -0.1) is 0 Å². The second kappa shape index (κ2) is 29.4. The number of aliphatic hydroxyl groups is 4. The van der Waals surface area contributed by atoms with Crippen molar-refractivity contribution in [3.63, 3.8) is 0 Å². The fraction of sp³-hybridized carbons (Fsp3) is 0.375. The first kappa shape index (κ1) is 70.2. The standard InChI is InChI=1S/2C21H25N3O.2C19H21ClN4O/c2*1-14-4-7-19-17(10-14)18-12-23(3)9-8-20(18)24(19)13-21(25)16-6-5-15(2)22-11-16;2*1-19(25,13-8-21-12-22-9-13)11-24-17-4-3-14(20)7-15(17)16-10-23(2)6-5-18(16)24/h2*4-7,10-11,21,25H,8-9,12-13H2,1-3H3;2*3-4,7-9,12,25H,5-6,10-11H2,1-2H3/t21-;;2*19-/m0.10/s1. The Kier molecular flexibility index (Phi) is 20.6. The number of rotatable bonds is 12. The minimum atomic E-state index is -1.05. The first-order valence-corrected chi connectivity index (χ1v) is 35.4. The molecule has 18 nitrogen and oxygen atoms in total. The zero-order valence-corrected chi connectivity index (χ0v) is 60.6. The van der Waals surface area contributed by atoms with Gasteiger partial charge in [0, 0.05) is 225 Å². The number of likely N-dealkylation sites (N-methyl/N-ethyl adjacent to an activating group) is 4. The Balaban J connectivity index is 0.000000119. The summed E-state index contributed by atoms with van der Waals surface area (Å²) in [7, 11) is 8.62. The highest BCUT2D eigenvalue weighted by atomic mass is 35.5. The van der Waals surface area contributed by atoms with Crippen LogP contribution in [0.15, 0.2) is 147 Å². The van der Waals surface area contributed by atoms with E-state index in [-0.39, 0.29) is 0 Å². The van der Waals surface area contributed by atoms with E-state index in [1.165, 1.54) is 101 Å². The largest absolute Gasteiger partial charge is 0.386 e. The summed E-state index contributed by atoms with van der Waals surface area (Å²) in [6.45, 7) is 21.8. The van der Waals surface area contributed by atoms with Gasteiger partial charge in [0.05, 0.1) is 38.4 Å². The molecular formula is C80H92Cl2N14O4. The van der Waals surface area contributed by atoms with Crippen LogP contribution in [0.25, 0.3) is 43.6 Å². The van der Waals surface area contributed by atoms with Crippen molar-refractivity contribution in [2.24, 2.45) is 0 Å². The maximum Gasteiger partial charge on any atom is 0.115 e. The lowest BCUT2D eigenvalue weighted by Gasteiger charge is -2.28. The number of aliphatic hydroxyl groups excluding tert-OH is 2. The van der Waals surface area contributed by atoms with Crippen LogP contribution in [-0.2, 0) is 89.2 Å². The molecule has 0 bridgehead atoms. The van der Waals surface area contributed by atoms with Gasteiger partial charge in [0.25, 0.3) is 0 Å². The zero-order chi connectivity index (χ0) is 70.3. The molecule has 100 heavy (non-hydrogen) atoms. The quantitative estimate of drug-likeness (QED) is 0.0903. The summed E-state index contributed by atoms with van der Waals surface area (Å²) < 4.78 is 9.12. The molecule has 4 aromatic carbocycles. The maximum absolute atomic E-state index is 11.1. The number of benzene rings is 4. The molecule has 520 valence electrons. The molecule has 12 aromatic rings. The van der Waals surface area contributed by atoms with Crippen molar-refractivity contribution < 1.29 is 20.4 Å². The first-order chi connectivity index (χ1) is 48.0. The number of aromatic nitrogens is 10. The van der Waals surface area contributed by atoms with Crippen molar-refractivity contribution in [3.05, 3.63) is 247 Å². The highest BCUT2D eigenvalue weighted by Crippen LogP contribution is 2.39. The van der Waals surface area contributed by atoms with Gasteiger partial charge in [-0.1, -0.05) is 58.6 Å². The van der Waals surface area contributed by atoms with E-state index in [1.54, 1.807) is 37.2 Å². The predicted octanol–water partition coefficient (Wildman–Crippen LogP) is 12.7. The molecular weight excluding hydrogens is 1290 g/mol. The normalized spacial score (nSPS) is 16.8. The Labute approximate surface area is 595 Å². The molecule has 4 aliphatic heterocycles. The molecule has 0 saturated carbocycles. The van der Waals surface area contributed by atoms with E-state index in [0.717, 1.165) is 122 Å². The van der Waals surface area contributed by atoms with Gasteiger partial charge in [-0.3, -0.25) is 9.97 Å². The Morgan fingerprint density at radius 1 is 0.410 bits per heavy atom. The number of nitrogens with zero attached hydrogens (tertiary/aromatic N) is 14. The van der Waals surface area contributed by atoms with Gasteiger partial charge >= 0.3 is 0 Å². The second-order valence-corrected chi connectivity index (χ2v) is 29.6. The summed E-state index contributed by atoms with van der Waals surface area (Å²) in [6, 6.07) is 33.1. The van der Waals surface area contributed by atoms with Crippen LogP contribution in [-0.4, -0.2) is 143 Å². The van der Waals surface area contributed by atoms with Crippen molar-refractivity contribution in [1.29, 1.82) is 0 Å². The highest BCUT2D eigenvalue weighted by Gasteiger charge is 2.33.